The number of carbonyl (C=O) groups is 1. The summed E-state index contributed by atoms with van der Waals surface area (Å²) in [5.41, 5.74) is 5.71. The van der Waals surface area contributed by atoms with Crippen molar-refractivity contribution in [1.82, 2.24) is 9.62 Å². The van der Waals surface area contributed by atoms with Gasteiger partial charge in [0.15, 0.2) is 0 Å². The molecule has 21 heavy (non-hydrogen) atoms. The van der Waals surface area contributed by atoms with Gasteiger partial charge in [0.25, 0.3) is 0 Å². The molecule has 1 rings (SSSR count). The molecule has 0 spiro atoms. The summed E-state index contributed by atoms with van der Waals surface area (Å²) in [6, 6.07) is 3.23. The fraction of sp³-hybridized carbons (Fsp3) is 0.462. The first-order valence-corrected chi connectivity index (χ1v) is 8.45. The summed E-state index contributed by atoms with van der Waals surface area (Å²) in [5.74, 6) is -0.281. The van der Waals surface area contributed by atoms with E-state index in [4.69, 9.17) is 17.3 Å². The van der Waals surface area contributed by atoms with Crippen LogP contribution in [-0.2, 0) is 14.8 Å². The van der Waals surface area contributed by atoms with E-state index in [0.29, 0.717) is 18.1 Å². The number of amides is 1. The molecule has 0 saturated carbocycles. The molecule has 0 aliphatic carbocycles. The first-order chi connectivity index (χ1) is 9.72. The van der Waals surface area contributed by atoms with Gasteiger partial charge in [-0.2, -0.15) is 4.72 Å². The minimum absolute atomic E-state index is 0.0393. The van der Waals surface area contributed by atoms with Gasteiger partial charge in [0, 0.05) is 18.1 Å². The monoisotopic (exact) mass is 333 g/mol. The number of nitrogens with zero attached hydrogens (tertiary/aromatic N) is 1. The molecule has 1 unspecified atom stereocenters. The zero-order chi connectivity index (χ0) is 16.2. The van der Waals surface area contributed by atoms with Crippen molar-refractivity contribution in [1.29, 1.82) is 0 Å². The number of sulfonamides is 1. The van der Waals surface area contributed by atoms with E-state index in [-0.39, 0.29) is 16.5 Å². The highest BCUT2D eigenvalue weighted by Crippen LogP contribution is 2.22. The zero-order valence-corrected chi connectivity index (χ0v) is 13.8. The SMILES string of the molecule is CCN(CC)C(=O)C(C)NS(=O)(=O)c1ccc(Cl)cc1N. The van der Waals surface area contributed by atoms with Crippen molar-refractivity contribution in [2.45, 2.75) is 31.7 Å². The molecule has 118 valence electrons. The van der Waals surface area contributed by atoms with Crippen LogP contribution in [0.4, 0.5) is 5.69 Å². The van der Waals surface area contributed by atoms with E-state index in [0.717, 1.165) is 0 Å². The van der Waals surface area contributed by atoms with E-state index >= 15 is 0 Å². The van der Waals surface area contributed by atoms with Gasteiger partial charge >= 0.3 is 0 Å². The summed E-state index contributed by atoms with van der Waals surface area (Å²) >= 11 is 5.75. The van der Waals surface area contributed by atoms with E-state index in [1.807, 2.05) is 13.8 Å². The van der Waals surface area contributed by atoms with Gasteiger partial charge in [-0.15, -0.1) is 0 Å². The highest BCUT2D eigenvalue weighted by Gasteiger charge is 2.25. The zero-order valence-electron chi connectivity index (χ0n) is 12.3. The van der Waals surface area contributed by atoms with Crippen molar-refractivity contribution in [3.8, 4) is 0 Å². The summed E-state index contributed by atoms with van der Waals surface area (Å²) in [4.78, 5) is 13.6. The van der Waals surface area contributed by atoms with Crippen molar-refractivity contribution in [3.05, 3.63) is 23.2 Å². The summed E-state index contributed by atoms with van der Waals surface area (Å²) in [6.07, 6.45) is 0. The van der Waals surface area contributed by atoms with Crippen LogP contribution in [-0.4, -0.2) is 38.4 Å². The second-order valence-electron chi connectivity index (χ2n) is 4.54. The number of hydrogen-bond donors (Lipinski definition) is 2. The lowest BCUT2D eigenvalue weighted by atomic mass is 10.3. The molecule has 0 heterocycles. The van der Waals surface area contributed by atoms with E-state index in [2.05, 4.69) is 4.72 Å². The third-order valence-corrected chi connectivity index (χ3v) is 4.89. The smallest absolute Gasteiger partial charge is 0.243 e. The molecule has 8 heteroatoms. The maximum atomic E-state index is 12.3. The van der Waals surface area contributed by atoms with Gasteiger partial charge in [0.2, 0.25) is 15.9 Å². The molecule has 3 N–H and O–H groups in total. The summed E-state index contributed by atoms with van der Waals surface area (Å²) < 4.78 is 26.9. The topological polar surface area (TPSA) is 92.5 Å². The van der Waals surface area contributed by atoms with Crippen molar-refractivity contribution >= 4 is 33.2 Å². The van der Waals surface area contributed by atoms with E-state index in [1.54, 1.807) is 4.90 Å². The lowest BCUT2D eigenvalue weighted by Crippen LogP contribution is -2.46. The predicted octanol–water partition coefficient (Wildman–Crippen LogP) is 1.46. The summed E-state index contributed by atoms with van der Waals surface area (Å²) in [7, 11) is -3.88. The Labute approximate surface area is 130 Å². The highest BCUT2D eigenvalue weighted by molar-refractivity contribution is 7.89. The number of rotatable bonds is 6. The molecule has 0 fully saturated rings. The molecular formula is C13H20ClN3O3S. The van der Waals surface area contributed by atoms with E-state index < -0.39 is 16.1 Å². The third-order valence-electron chi connectivity index (χ3n) is 3.04. The fourth-order valence-corrected chi connectivity index (χ4v) is 3.41. The molecule has 0 radical (unpaired) electrons. The largest absolute Gasteiger partial charge is 0.398 e. The quantitative estimate of drug-likeness (QED) is 0.771. The van der Waals surface area contributed by atoms with Gasteiger partial charge in [-0.3, -0.25) is 4.79 Å². The Hall–Kier alpha value is -1.31. The number of halogens is 1. The van der Waals surface area contributed by atoms with Crippen molar-refractivity contribution in [3.63, 3.8) is 0 Å². The minimum Gasteiger partial charge on any atom is -0.398 e. The molecule has 1 aromatic rings. The normalized spacial score (nSPS) is 13.0. The van der Waals surface area contributed by atoms with Crippen LogP contribution in [0.25, 0.3) is 0 Å². The number of nitrogens with one attached hydrogen (secondary N) is 1. The molecule has 0 aliphatic rings. The van der Waals surface area contributed by atoms with Crippen LogP contribution in [0.15, 0.2) is 23.1 Å². The molecule has 0 saturated heterocycles. The molecular weight excluding hydrogens is 314 g/mol. The number of hydrogen-bond acceptors (Lipinski definition) is 4. The maximum absolute atomic E-state index is 12.3. The second-order valence-corrected chi connectivity index (χ2v) is 6.65. The van der Waals surface area contributed by atoms with Crippen molar-refractivity contribution < 1.29 is 13.2 Å². The van der Waals surface area contributed by atoms with Gasteiger partial charge in [0.1, 0.15) is 4.90 Å². The van der Waals surface area contributed by atoms with Crippen LogP contribution in [0.2, 0.25) is 5.02 Å². The Balaban J connectivity index is 2.97. The minimum atomic E-state index is -3.88. The summed E-state index contributed by atoms with van der Waals surface area (Å²) in [5, 5.41) is 0.346. The predicted molar refractivity (Wildman–Crippen MR) is 83.6 cm³/mol. The first kappa shape index (κ1) is 17.7. The molecule has 1 amide bonds. The third kappa shape index (κ3) is 4.33. The summed E-state index contributed by atoms with van der Waals surface area (Å²) in [6.45, 7) is 6.21. The number of nitrogens with two attached hydrogens (primary N) is 1. The molecule has 0 aromatic heterocycles. The first-order valence-electron chi connectivity index (χ1n) is 6.59. The molecule has 1 aromatic carbocycles. The van der Waals surface area contributed by atoms with Gasteiger partial charge < -0.3 is 10.6 Å². The van der Waals surface area contributed by atoms with E-state index in [1.165, 1.54) is 25.1 Å². The van der Waals surface area contributed by atoms with Gasteiger partial charge in [0.05, 0.1) is 11.7 Å². The Morgan fingerprint density at radius 2 is 1.95 bits per heavy atom. The number of benzene rings is 1. The standard InChI is InChI=1S/C13H20ClN3O3S/c1-4-17(5-2)13(18)9(3)16-21(19,20)12-7-6-10(14)8-11(12)15/h6-9,16H,4-5,15H2,1-3H3. The fourth-order valence-electron chi connectivity index (χ4n) is 1.92. The van der Waals surface area contributed by atoms with Crippen LogP contribution >= 0.6 is 11.6 Å². The molecule has 0 aliphatic heterocycles. The molecule has 6 nitrogen and oxygen atoms in total. The van der Waals surface area contributed by atoms with Crippen LogP contribution in [0.3, 0.4) is 0 Å². The number of nitrogen functional groups attached to an aromatic ring is 1. The van der Waals surface area contributed by atoms with Crippen LogP contribution in [0, 0.1) is 0 Å². The van der Waals surface area contributed by atoms with Gasteiger partial charge in [-0.1, -0.05) is 11.6 Å². The van der Waals surface area contributed by atoms with Crippen molar-refractivity contribution in [2.24, 2.45) is 0 Å². The molecule has 0 bridgehead atoms. The second kappa shape index (κ2) is 7.11. The Bertz CT molecular complexity index is 615. The number of carbonyl (C=O) groups excluding carboxylic acids is 1. The van der Waals surface area contributed by atoms with Gasteiger partial charge in [-0.25, -0.2) is 8.42 Å². The highest BCUT2D eigenvalue weighted by atomic mass is 35.5. The van der Waals surface area contributed by atoms with Crippen LogP contribution in [0.1, 0.15) is 20.8 Å². The van der Waals surface area contributed by atoms with Crippen LogP contribution < -0.4 is 10.5 Å². The van der Waals surface area contributed by atoms with E-state index in [9.17, 15) is 13.2 Å². The maximum Gasteiger partial charge on any atom is 0.243 e. The van der Waals surface area contributed by atoms with Gasteiger partial charge in [-0.05, 0) is 39.0 Å². The Kier molecular flexibility index (Phi) is 6.00. The van der Waals surface area contributed by atoms with Crippen molar-refractivity contribution in [2.75, 3.05) is 18.8 Å². The Morgan fingerprint density at radius 3 is 2.43 bits per heavy atom. The number of anilines is 1. The lowest BCUT2D eigenvalue weighted by molar-refractivity contribution is -0.132. The average Bonchev–Trinajstić information content (AvgIpc) is 2.38. The number of likely N-dealkylation sites (N-methyl/N-ethyl adjacent to an activating group) is 1. The Morgan fingerprint density at radius 1 is 1.38 bits per heavy atom. The average molecular weight is 334 g/mol. The lowest BCUT2D eigenvalue weighted by Gasteiger charge is -2.23. The van der Waals surface area contributed by atoms with Crippen LogP contribution in [0.5, 0.6) is 0 Å². The molecule has 1 atom stereocenters.